The lowest BCUT2D eigenvalue weighted by Crippen LogP contribution is -2.10. The number of rotatable bonds is 6. The number of benzene rings is 10. The first-order valence-corrected chi connectivity index (χ1v) is 21.7. The zero-order valence-electron chi connectivity index (χ0n) is 34.7. The predicted octanol–water partition coefficient (Wildman–Crippen LogP) is 16.9. The van der Waals surface area contributed by atoms with E-state index < -0.39 is 0 Å². The number of nitrogens with zero attached hydrogens (tertiary/aromatic N) is 2. The molecule has 1 aliphatic heterocycles. The first-order valence-electron chi connectivity index (χ1n) is 21.7. The maximum atomic E-state index is 6.57. The normalized spacial score (nSPS) is 11.9. The van der Waals surface area contributed by atoms with Crippen LogP contribution in [0.2, 0.25) is 0 Å². The van der Waals surface area contributed by atoms with Crippen molar-refractivity contribution in [3.05, 3.63) is 231 Å². The van der Waals surface area contributed by atoms with E-state index in [0.29, 0.717) is 0 Å². The van der Waals surface area contributed by atoms with Crippen LogP contribution in [0.15, 0.2) is 235 Å². The Labute approximate surface area is 370 Å². The van der Waals surface area contributed by atoms with Crippen molar-refractivity contribution in [2.45, 2.75) is 0 Å². The number of hydrogen-bond acceptors (Lipinski definition) is 3. The standard InChI is InChI=1S/C60H38N2O2/c1-2-14-41(15-3-1)62-54-24-8-4-16-47(54)53-38-44(36-37-55(53)62)61(43-34-30-40(31-35-43)46-21-13-23-51-49-18-6-10-26-57(49)64-60(46)51)42-32-28-39(29-33-42)45-20-12-22-50-48-17-5-9-25-56(48)63-58-27-11-7-19-52(58)59(45)50/h1-38H. The highest BCUT2D eigenvalue weighted by molar-refractivity contribution is 6.11. The van der Waals surface area contributed by atoms with Gasteiger partial charge in [0.25, 0.3) is 0 Å². The van der Waals surface area contributed by atoms with Gasteiger partial charge in [-0.3, -0.25) is 0 Å². The molecule has 4 nitrogen and oxygen atoms in total. The van der Waals surface area contributed by atoms with Crippen LogP contribution in [0, 0.1) is 0 Å². The highest BCUT2D eigenvalue weighted by Crippen LogP contribution is 2.50. The topological polar surface area (TPSA) is 30.5 Å². The molecule has 0 aliphatic carbocycles. The molecule has 300 valence electrons. The van der Waals surface area contributed by atoms with Crippen LogP contribution in [0.25, 0.3) is 93.9 Å². The molecule has 0 saturated heterocycles. The molecule has 0 saturated carbocycles. The van der Waals surface area contributed by atoms with Gasteiger partial charge in [-0.05, 0) is 101 Å². The van der Waals surface area contributed by atoms with Crippen molar-refractivity contribution >= 4 is 60.8 Å². The van der Waals surface area contributed by atoms with Gasteiger partial charge in [0, 0.05) is 66.5 Å². The zero-order valence-corrected chi connectivity index (χ0v) is 34.7. The van der Waals surface area contributed by atoms with Crippen LogP contribution in [-0.4, -0.2) is 4.57 Å². The first-order chi connectivity index (χ1) is 31.7. The van der Waals surface area contributed by atoms with Crippen LogP contribution < -0.4 is 9.64 Å². The van der Waals surface area contributed by atoms with Gasteiger partial charge in [-0.25, -0.2) is 0 Å². The van der Waals surface area contributed by atoms with Crippen LogP contribution in [0.4, 0.5) is 17.1 Å². The smallest absolute Gasteiger partial charge is 0.143 e. The second kappa shape index (κ2) is 14.5. The van der Waals surface area contributed by atoms with Crippen LogP contribution in [0.3, 0.4) is 0 Å². The monoisotopic (exact) mass is 818 g/mol. The third-order valence-corrected chi connectivity index (χ3v) is 12.8. The lowest BCUT2D eigenvalue weighted by molar-refractivity contribution is 0.488. The largest absolute Gasteiger partial charge is 0.456 e. The fraction of sp³-hybridized carbons (Fsp3) is 0. The van der Waals surface area contributed by atoms with E-state index in [1.165, 1.54) is 21.9 Å². The van der Waals surface area contributed by atoms with Crippen LogP contribution in [0.5, 0.6) is 11.5 Å². The molecular formula is C60H38N2O2. The summed E-state index contributed by atoms with van der Waals surface area (Å²) in [5.74, 6) is 1.72. The van der Waals surface area contributed by atoms with Crippen molar-refractivity contribution in [2.75, 3.05) is 4.90 Å². The van der Waals surface area contributed by atoms with E-state index >= 15 is 0 Å². The van der Waals surface area contributed by atoms with Crippen LogP contribution >= 0.6 is 0 Å². The summed E-state index contributed by atoms with van der Waals surface area (Å²) in [4.78, 5) is 2.37. The number of para-hydroxylation sites is 6. The van der Waals surface area contributed by atoms with Gasteiger partial charge in [-0.1, -0.05) is 152 Å². The Balaban J connectivity index is 0.968. The molecule has 12 aromatic rings. The molecule has 64 heavy (non-hydrogen) atoms. The van der Waals surface area contributed by atoms with E-state index in [1.807, 2.05) is 24.3 Å². The molecule has 0 spiro atoms. The first kappa shape index (κ1) is 36.1. The minimum atomic E-state index is 0.855. The minimum Gasteiger partial charge on any atom is -0.456 e. The molecule has 1 aliphatic rings. The minimum absolute atomic E-state index is 0.855. The Kier molecular flexibility index (Phi) is 8.18. The zero-order chi connectivity index (χ0) is 42.1. The summed E-state index contributed by atoms with van der Waals surface area (Å²) in [5.41, 5.74) is 17.4. The van der Waals surface area contributed by atoms with Gasteiger partial charge >= 0.3 is 0 Å². The van der Waals surface area contributed by atoms with Crippen LogP contribution in [0.1, 0.15) is 0 Å². The molecule has 3 heterocycles. The number of anilines is 3. The Morgan fingerprint density at radius 3 is 1.69 bits per heavy atom. The molecular weight excluding hydrogens is 781 g/mol. The number of furan rings is 1. The van der Waals surface area contributed by atoms with Crippen molar-refractivity contribution in [3.63, 3.8) is 0 Å². The van der Waals surface area contributed by atoms with E-state index in [9.17, 15) is 0 Å². The van der Waals surface area contributed by atoms with E-state index in [4.69, 9.17) is 9.15 Å². The van der Waals surface area contributed by atoms with Gasteiger partial charge in [0.1, 0.15) is 22.7 Å². The Morgan fingerprint density at radius 2 is 0.891 bits per heavy atom. The maximum Gasteiger partial charge on any atom is 0.143 e. The Morgan fingerprint density at radius 1 is 0.344 bits per heavy atom. The summed E-state index contributed by atoms with van der Waals surface area (Å²) in [6.07, 6.45) is 0. The van der Waals surface area contributed by atoms with Crippen molar-refractivity contribution in [2.24, 2.45) is 0 Å². The molecule has 0 radical (unpaired) electrons. The highest BCUT2D eigenvalue weighted by atomic mass is 16.5. The maximum absolute atomic E-state index is 6.57. The Hall–Kier alpha value is -8.60. The van der Waals surface area contributed by atoms with Gasteiger partial charge in [0.05, 0.1) is 11.0 Å². The number of hydrogen-bond donors (Lipinski definition) is 0. The number of aromatic nitrogens is 1. The SMILES string of the molecule is c1ccc(-n2c3ccccc3c3cc(N(c4ccc(-c5cccc6c5-c5ccccc5Oc5ccccc5-6)cc4)c4ccc(-c5cccc6c5oc5ccccc56)cc4)ccc32)cc1. The Bertz CT molecular complexity index is 3750. The van der Waals surface area contributed by atoms with Crippen molar-refractivity contribution < 1.29 is 9.15 Å². The molecule has 0 bridgehead atoms. The third-order valence-electron chi connectivity index (χ3n) is 12.8. The van der Waals surface area contributed by atoms with Crippen molar-refractivity contribution in [3.8, 4) is 61.7 Å². The van der Waals surface area contributed by atoms with Gasteiger partial charge in [-0.2, -0.15) is 0 Å². The second-order valence-electron chi connectivity index (χ2n) is 16.4. The summed E-state index contributed by atoms with van der Waals surface area (Å²) in [7, 11) is 0. The molecule has 0 atom stereocenters. The lowest BCUT2D eigenvalue weighted by Gasteiger charge is -2.26. The predicted molar refractivity (Wildman–Crippen MR) is 265 cm³/mol. The molecule has 0 unspecified atom stereocenters. The van der Waals surface area contributed by atoms with Crippen LogP contribution in [-0.2, 0) is 0 Å². The number of fused-ring (bicyclic) bond motifs is 11. The highest BCUT2D eigenvalue weighted by Gasteiger charge is 2.24. The quantitative estimate of drug-likeness (QED) is 0.167. The molecule has 0 amide bonds. The summed E-state index contributed by atoms with van der Waals surface area (Å²) < 4.78 is 15.4. The second-order valence-corrected chi connectivity index (χ2v) is 16.4. The molecule has 0 fully saturated rings. The van der Waals surface area contributed by atoms with Gasteiger partial charge in [-0.15, -0.1) is 0 Å². The van der Waals surface area contributed by atoms with Gasteiger partial charge in [0.2, 0.25) is 0 Å². The molecule has 13 rings (SSSR count). The molecule has 10 aromatic carbocycles. The summed E-state index contributed by atoms with van der Waals surface area (Å²) in [6.45, 7) is 0. The summed E-state index contributed by atoms with van der Waals surface area (Å²) in [5, 5.41) is 4.66. The fourth-order valence-electron chi connectivity index (χ4n) is 9.92. The number of ether oxygens (including phenoxy) is 1. The molecule has 0 N–H and O–H groups in total. The van der Waals surface area contributed by atoms with Gasteiger partial charge in [0.15, 0.2) is 0 Å². The summed E-state index contributed by atoms with van der Waals surface area (Å²) >= 11 is 0. The van der Waals surface area contributed by atoms with Crippen molar-refractivity contribution in [1.82, 2.24) is 4.57 Å². The molecule has 2 aromatic heterocycles. The average Bonchev–Trinajstić information content (AvgIpc) is 3.86. The van der Waals surface area contributed by atoms with E-state index in [0.717, 1.165) is 101 Å². The van der Waals surface area contributed by atoms with E-state index in [1.54, 1.807) is 0 Å². The van der Waals surface area contributed by atoms with E-state index in [2.05, 4.69) is 216 Å². The molecule has 4 heteroatoms. The third kappa shape index (κ3) is 5.70. The van der Waals surface area contributed by atoms with E-state index in [-0.39, 0.29) is 0 Å². The van der Waals surface area contributed by atoms with Crippen molar-refractivity contribution in [1.29, 1.82) is 0 Å². The average molecular weight is 819 g/mol. The lowest BCUT2D eigenvalue weighted by atomic mass is 9.87. The fourth-order valence-corrected chi connectivity index (χ4v) is 9.92. The summed E-state index contributed by atoms with van der Waals surface area (Å²) in [6, 6.07) is 82.1. The van der Waals surface area contributed by atoms with Gasteiger partial charge < -0.3 is 18.6 Å².